The molecule has 0 saturated carbocycles. The van der Waals surface area contributed by atoms with Crippen LogP contribution in [0.4, 0.5) is 13.2 Å². The van der Waals surface area contributed by atoms with Crippen LogP contribution in [0.15, 0.2) is 29.3 Å². The minimum absolute atomic E-state index is 0. The molecular formula is C16H23F3IN5. The third-order valence-corrected chi connectivity index (χ3v) is 3.33. The van der Waals surface area contributed by atoms with E-state index in [1.54, 1.807) is 0 Å². The number of alkyl halides is 3. The fourth-order valence-corrected chi connectivity index (χ4v) is 2.23. The lowest BCUT2D eigenvalue weighted by Gasteiger charge is -2.12. The zero-order valence-corrected chi connectivity index (χ0v) is 16.3. The van der Waals surface area contributed by atoms with E-state index >= 15 is 0 Å². The van der Waals surface area contributed by atoms with Gasteiger partial charge in [0.25, 0.3) is 0 Å². The summed E-state index contributed by atoms with van der Waals surface area (Å²) < 4.78 is 36.5. The first-order chi connectivity index (χ1) is 11.5. The van der Waals surface area contributed by atoms with Crippen molar-refractivity contribution in [3.05, 3.63) is 30.1 Å². The number of fused-ring (bicyclic) bond motifs is 1. The molecule has 0 aliphatic carbocycles. The number of nitrogens with one attached hydrogen (secondary N) is 3. The Bertz CT molecular complexity index is 636. The quantitative estimate of drug-likeness (QED) is 0.251. The number of hydrogen-bond donors (Lipinski definition) is 3. The van der Waals surface area contributed by atoms with Gasteiger partial charge in [0.15, 0.2) is 5.96 Å². The molecule has 5 nitrogen and oxygen atoms in total. The van der Waals surface area contributed by atoms with Gasteiger partial charge in [-0.2, -0.15) is 13.2 Å². The van der Waals surface area contributed by atoms with Gasteiger partial charge in [-0.3, -0.25) is 4.99 Å². The van der Waals surface area contributed by atoms with Crippen LogP contribution in [0.1, 0.15) is 25.6 Å². The molecule has 1 aromatic heterocycles. The Balaban J connectivity index is 0.00000312. The van der Waals surface area contributed by atoms with Crippen molar-refractivity contribution in [2.75, 3.05) is 19.6 Å². The number of aryl methyl sites for hydroxylation is 1. The van der Waals surface area contributed by atoms with Crippen molar-refractivity contribution in [3.8, 4) is 0 Å². The number of aromatic amines is 1. The van der Waals surface area contributed by atoms with Crippen LogP contribution in [0.5, 0.6) is 0 Å². The van der Waals surface area contributed by atoms with E-state index in [1.807, 2.05) is 31.2 Å². The normalized spacial score (nSPS) is 12.1. The molecule has 0 aliphatic heterocycles. The van der Waals surface area contributed by atoms with E-state index in [9.17, 15) is 13.2 Å². The molecular weight excluding hydrogens is 446 g/mol. The Morgan fingerprint density at radius 1 is 1.24 bits per heavy atom. The highest BCUT2D eigenvalue weighted by molar-refractivity contribution is 14.0. The van der Waals surface area contributed by atoms with Crippen LogP contribution in [0.3, 0.4) is 0 Å². The lowest BCUT2D eigenvalue weighted by Crippen LogP contribution is -2.39. The monoisotopic (exact) mass is 469 g/mol. The number of halogens is 4. The molecule has 0 saturated heterocycles. The number of benzene rings is 1. The van der Waals surface area contributed by atoms with Crippen molar-refractivity contribution in [3.63, 3.8) is 0 Å². The van der Waals surface area contributed by atoms with Crippen molar-refractivity contribution < 1.29 is 13.2 Å². The molecule has 1 heterocycles. The zero-order valence-electron chi connectivity index (χ0n) is 14.0. The summed E-state index contributed by atoms with van der Waals surface area (Å²) in [6.07, 6.45) is -3.54. The van der Waals surface area contributed by atoms with Crippen molar-refractivity contribution in [1.29, 1.82) is 0 Å². The number of guanidine groups is 1. The van der Waals surface area contributed by atoms with Gasteiger partial charge in [-0.25, -0.2) is 4.98 Å². The van der Waals surface area contributed by atoms with Crippen LogP contribution >= 0.6 is 24.0 Å². The molecule has 0 aliphatic rings. The van der Waals surface area contributed by atoms with Crippen LogP contribution in [0.25, 0.3) is 11.0 Å². The molecule has 25 heavy (non-hydrogen) atoms. The number of hydrogen-bond acceptors (Lipinski definition) is 2. The molecule has 0 radical (unpaired) electrons. The van der Waals surface area contributed by atoms with Crippen molar-refractivity contribution in [2.45, 2.75) is 32.4 Å². The number of imidazole rings is 1. The first-order valence-electron chi connectivity index (χ1n) is 8.00. The molecule has 0 amide bonds. The summed E-state index contributed by atoms with van der Waals surface area (Å²) in [6.45, 7) is 2.80. The average molecular weight is 469 g/mol. The number of nitrogens with zero attached hydrogens (tertiary/aromatic N) is 2. The SMILES string of the molecule is CCNC(=NCCCc1nc2ccccc2[nH]1)NCCC(F)(F)F.I. The highest BCUT2D eigenvalue weighted by Crippen LogP contribution is 2.18. The first-order valence-corrected chi connectivity index (χ1v) is 8.00. The lowest BCUT2D eigenvalue weighted by atomic mass is 10.3. The van der Waals surface area contributed by atoms with Gasteiger partial charge in [-0.15, -0.1) is 24.0 Å². The number of aromatic nitrogens is 2. The minimum atomic E-state index is -4.16. The summed E-state index contributed by atoms with van der Waals surface area (Å²) in [4.78, 5) is 12.0. The Hall–Kier alpha value is -1.52. The number of aliphatic imine (C=N–C) groups is 1. The van der Waals surface area contributed by atoms with Crippen LogP contribution < -0.4 is 10.6 Å². The van der Waals surface area contributed by atoms with Crippen molar-refractivity contribution in [1.82, 2.24) is 20.6 Å². The maximum Gasteiger partial charge on any atom is 0.390 e. The molecule has 1 aromatic carbocycles. The summed E-state index contributed by atoms with van der Waals surface area (Å²) in [6, 6.07) is 7.80. The Kier molecular flexibility index (Phi) is 9.01. The van der Waals surface area contributed by atoms with E-state index in [4.69, 9.17) is 0 Å². The van der Waals surface area contributed by atoms with Gasteiger partial charge in [-0.05, 0) is 25.5 Å². The van der Waals surface area contributed by atoms with Crippen LogP contribution in [-0.4, -0.2) is 41.7 Å². The third kappa shape index (κ3) is 7.93. The second-order valence-corrected chi connectivity index (χ2v) is 5.36. The molecule has 0 fully saturated rings. The van der Waals surface area contributed by atoms with Gasteiger partial charge in [0.2, 0.25) is 0 Å². The molecule has 0 unspecified atom stereocenters. The van der Waals surface area contributed by atoms with E-state index in [0.717, 1.165) is 29.7 Å². The summed E-state index contributed by atoms with van der Waals surface area (Å²) in [5.41, 5.74) is 1.93. The molecule has 0 atom stereocenters. The Labute approximate surface area is 161 Å². The standard InChI is InChI=1S/C16H22F3N5.HI/c1-2-20-15(22-11-9-16(17,18)19)21-10-5-8-14-23-12-6-3-4-7-13(12)24-14;/h3-4,6-7H,2,5,8-11H2,1H3,(H,23,24)(H2,20,21,22);1H. The van der Waals surface area contributed by atoms with E-state index in [0.29, 0.717) is 19.0 Å². The topological polar surface area (TPSA) is 65.1 Å². The number of para-hydroxylation sites is 2. The van der Waals surface area contributed by atoms with E-state index in [1.165, 1.54) is 0 Å². The highest BCUT2D eigenvalue weighted by Gasteiger charge is 2.26. The Morgan fingerprint density at radius 3 is 2.68 bits per heavy atom. The smallest absolute Gasteiger partial charge is 0.357 e. The maximum absolute atomic E-state index is 12.2. The second kappa shape index (κ2) is 10.5. The first kappa shape index (κ1) is 21.5. The zero-order chi connectivity index (χ0) is 17.4. The summed E-state index contributed by atoms with van der Waals surface area (Å²) in [5.74, 6) is 1.30. The minimum Gasteiger partial charge on any atom is -0.357 e. The molecule has 9 heteroatoms. The van der Waals surface area contributed by atoms with Crippen LogP contribution in [-0.2, 0) is 6.42 Å². The molecule has 0 bridgehead atoms. The molecule has 140 valence electrons. The molecule has 2 rings (SSSR count). The van der Waals surface area contributed by atoms with Gasteiger partial charge < -0.3 is 15.6 Å². The van der Waals surface area contributed by atoms with Crippen LogP contribution in [0, 0.1) is 0 Å². The largest absolute Gasteiger partial charge is 0.390 e. The van der Waals surface area contributed by atoms with E-state index in [2.05, 4.69) is 25.6 Å². The van der Waals surface area contributed by atoms with Crippen molar-refractivity contribution >= 4 is 41.0 Å². The van der Waals surface area contributed by atoms with Gasteiger partial charge in [-0.1, -0.05) is 12.1 Å². The fourth-order valence-electron chi connectivity index (χ4n) is 2.23. The summed E-state index contributed by atoms with van der Waals surface area (Å²) >= 11 is 0. The van der Waals surface area contributed by atoms with Crippen LogP contribution in [0.2, 0.25) is 0 Å². The van der Waals surface area contributed by atoms with E-state index in [-0.39, 0.29) is 30.5 Å². The van der Waals surface area contributed by atoms with Gasteiger partial charge >= 0.3 is 6.18 Å². The van der Waals surface area contributed by atoms with Gasteiger partial charge in [0.05, 0.1) is 17.5 Å². The van der Waals surface area contributed by atoms with Gasteiger partial charge in [0.1, 0.15) is 5.82 Å². The van der Waals surface area contributed by atoms with E-state index < -0.39 is 12.6 Å². The average Bonchev–Trinajstić information content (AvgIpc) is 2.93. The second-order valence-electron chi connectivity index (χ2n) is 5.36. The molecule has 0 spiro atoms. The molecule has 2 aromatic rings. The van der Waals surface area contributed by atoms with Crippen molar-refractivity contribution in [2.24, 2.45) is 4.99 Å². The van der Waals surface area contributed by atoms with Gasteiger partial charge in [0, 0.05) is 26.1 Å². The number of rotatable bonds is 7. The lowest BCUT2D eigenvalue weighted by molar-refractivity contribution is -0.132. The number of H-pyrrole nitrogens is 1. The summed E-state index contributed by atoms with van der Waals surface area (Å²) in [5, 5.41) is 5.63. The maximum atomic E-state index is 12.2. The summed E-state index contributed by atoms with van der Waals surface area (Å²) in [7, 11) is 0. The fraction of sp³-hybridized carbons (Fsp3) is 0.500. The molecule has 3 N–H and O–H groups in total. The highest BCUT2D eigenvalue weighted by atomic mass is 127. The third-order valence-electron chi connectivity index (χ3n) is 3.33. The predicted molar refractivity (Wildman–Crippen MR) is 104 cm³/mol. The predicted octanol–water partition coefficient (Wildman–Crippen LogP) is 3.62. The Morgan fingerprint density at radius 2 is 2.00 bits per heavy atom.